The summed E-state index contributed by atoms with van der Waals surface area (Å²) in [5.74, 6) is -1.18. The summed E-state index contributed by atoms with van der Waals surface area (Å²) in [5, 5.41) is 3.01. The number of nitrogens with zero attached hydrogens (tertiary/aromatic N) is 1. The molecule has 3 atom stereocenters. The van der Waals surface area contributed by atoms with Crippen molar-refractivity contribution in [3.63, 3.8) is 0 Å². The van der Waals surface area contributed by atoms with Crippen LogP contribution in [0.3, 0.4) is 0 Å². The third-order valence-electron chi connectivity index (χ3n) is 5.24. The van der Waals surface area contributed by atoms with Gasteiger partial charge in [-0.2, -0.15) is 0 Å². The van der Waals surface area contributed by atoms with Gasteiger partial charge < -0.3 is 10.1 Å². The maximum Gasteiger partial charge on any atom is 0.249 e. The summed E-state index contributed by atoms with van der Waals surface area (Å²) >= 11 is 0. The van der Waals surface area contributed by atoms with Gasteiger partial charge in [0, 0.05) is 19.1 Å². The first kappa shape index (κ1) is 16.0. The SMILES string of the molecule is O=C(NC1CC1)[C@@H]1C[C@@H]2CCN(Cc3ccc(F)c(F)c3)C[C@H]2O1. The van der Waals surface area contributed by atoms with E-state index in [4.69, 9.17) is 4.74 Å². The van der Waals surface area contributed by atoms with E-state index < -0.39 is 11.6 Å². The molecule has 4 nitrogen and oxygen atoms in total. The van der Waals surface area contributed by atoms with E-state index in [9.17, 15) is 13.6 Å². The van der Waals surface area contributed by atoms with Crippen molar-refractivity contribution in [2.24, 2.45) is 5.92 Å². The molecule has 24 heavy (non-hydrogen) atoms. The van der Waals surface area contributed by atoms with Gasteiger partial charge in [0.05, 0.1) is 6.10 Å². The van der Waals surface area contributed by atoms with Gasteiger partial charge in [-0.25, -0.2) is 8.78 Å². The van der Waals surface area contributed by atoms with Crippen molar-refractivity contribution in [3.05, 3.63) is 35.4 Å². The van der Waals surface area contributed by atoms with E-state index in [2.05, 4.69) is 10.2 Å². The Hall–Kier alpha value is -1.53. The van der Waals surface area contributed by atoms with Crippen LogP contribution < -0.4 is 5.32 Å². The Balaban J connectivity index is 1.33. The smallest absolute Gasteiger partial charge is 0.249 e. The van der Waals surface area contributed by atoms with Gasteiger partial charge in [0.15, 0.2) is 11.6 Å². The third-order valence-corrected chi connectivity index (χ3v) is 5.24. The van der Waals surface area contributed by atoms with Gasteiger partial charge in [-0.1, -0.05) is 6.07 Å². The topological polar surface area (TPSA) is 41.6 Å². The zero-order valence-corrected chi connectivity index (χ0v) is 13.5. The highest BCUT2D eigenvalue weighted by atomic mass is 19.2. The van der Waals surface area contributed by atoms with Gasteiger partial charge in [0.25, 0.3) is 0 Å². The minimum atomic E-state index is -0.818. The molecule has 0 spiro atoms. The molecule has 0 bridgehead atoms. The van der Waals surface area contributed by atoms with Crippen LogP contribution in [0, 0.1) is 17.6 Å². The molecule has 2 saturated heterocycles. The summed E-state index contributed by atoms with van der Waals surface area (Å²) in [5.41, 5.74) is 0.758. The second-order valence-electron chi connectivity index (χ2n) is 7.21. The van der Waals surface area contributed by atoms with Crippen LogP contribution in [0.25, 0.3) is 0 Å². The van der Waals surface area contributed by atoms with Crippen LogP contribution in [0.2, 0.25) is 0 Å². The summed E-state index contributed by atoms with van der Waals surface area (Å²) in [7, 11) is 0. The molecule has 2 heterocycles. The molecule has 4 rings (SSSR count). The fraction of sp³-hybridized carbons (Fsp3) is 0.611. The summed E-state index contributed by atoms with van der Waals surface area (Å²) in [6.45, 7) is 2.19. The first-order valence-corrected chi connectivity index (χ1v) is 8.70. The lowest BCUT2D eigenvalue weighted by atomic mass is 9.91. The van der Waals surface area contributed by atoms with Gasteiger partial charge in [-0.3, -0.25) is 9.69 Å². The van der Waals surface area contributed by atoms with Crippen molar-refractivity contribution in [1.29, 1.82) is 0 Å². The zero-order valence-electron chi connectivity index (χ0n) is 13.5. The Morgan fingerprint density at radius 3 is 2.83 bits per heavy atom. The number of nitrogens with one attached hydrogen (secondary N) is 1. The van der Waals surface area contributed by atoms with Crippen LogP contribution in [-0.2, 0) is 16.1 Å². The Labute approximate surface area is 140 Å². The monoisotopic (exact) mass is 336 g/mol. The van der Waals surface area contributed by atoms with Crippen molar-refractivity contribution in [3.8, 4) is 0 Å². The van der Waals surface area contributed by atoms with Gasteiger partial charge in [-0.15, -0.1) is 0 Å². The van der Waals surface area contributed by atoms with Crippen LogP contribution in [-0.4, -0.2) is 42.1 Å². The number of hydrogen-bond acceptors (Lipinski definition) is 3. The predicted octanol–water partition coefficient (Wildman–Crippen LogP) is 2.22. The number of hydrogen-bond donors (Lipinski definition) is 1. The molecular weight excluding hydrogens is 314 g/mol. The molecule has 0 unspecified atom stereocenters. The number of fused-ring (bicyclic) bond motifs is 1. The number of carbonyl (C=O) groups excluding carboxylic acids is 1. The number of benzene rings is 1. The molecule has 2 aliphatic heterocycles. The molecule has 1 saturated carbocycles. The molecule has 1 aromatic carbocycles. The van der Waals surface area contributed by atoms with Gasteiger partial charge >= 0.3 is 0 Å². The van der Waals surface area contributed by atoms with Gasteiger partial charge in [0.2, 0.25) is 5.91 Å². The van der Waals surface area contributed by atoms with E-state index in [0.29, 0.717) is 18.5 Å². The Morgan fingerprint density at radius 2 is 2.08 bits per heavy atom. The first-order chi connectivity index (χ1) is 11.6. The second kappa shape index (κ2) is 6.41. The Morgan fingerprint density at radius 1 is 1.25 bits per heavy atom. The minimum Gasteiger partial charge on any atom is -0.364 e. The Bertz CT molecular complexity index is 635. The molecule has 1 aromatic rings. The average molecular weight is 336 g/mol. The molecule has 6 heteroatoms. The number of ether oxygens (including phenoxy) is 1. The Kier molecular flexibility index (Phi) is 4.26. The highest BCUT2D eigenvalue weighted by molar-refractivity contribution is 5.81. The van der Waals surface area contributed by atoms with E-state index in [1.807, 2.05) is 0 Å². The summed E-state index contributed by atoms with van der Waals surface area (Å²) in [6, 6.07) is 4.39. The van der Waals surface area contributed by atoms with Crippen LogP contribution in [0.15, 0.2) is 18.2 Å². The number of halogens is 2. The van der Waals surface area contributed by atoms with Crippen LogP contribution >= 0.6 is 0 Å². The largest absolute Gasteiger partial charge is 0.364 e. The molecular formula is C18H22F2N2O2. The molecule has 3 aliphatic rings. The fourth-order valence-corrected chi connectivity index (χ4v) is 3.72. The van der Waals surface area contributed by atoms with E-state index in [-0.39, 0.29) is 18.1 Å². The second-order valence-corrected chi connectivity index (χ2v) is 7.21. The highest BCUT2D eigenvalue weighted by Crippen LogP contribution is 2.34. The minimum absolute atomic E-state index is 0.0269. The molecule has 0 aromatic heterocycles. The highest BCUT2D eigenvalue weighted by Gasteiger charge is 2.42. The van der Waals surface area contributed by atoms with Crippen molar-refractivity contribution in [2.75, 3.05) is 13.1 Å². The summed E-state index contributed by atoms with van der Waals surface area (Å²) in [6.07, 6.45) is 3.65. The zero-order chi connectivity index (χ0) is 16.7. The number of amides is 1. The normalized spacial score (nSPS) is 30.2. The lowest BCUT2D eigenvalue weighted by Crippen LogP contribution is -2.42. The fourth-order valence-electron chi connectivity index (χ4n) is 3.72. The predicted molar refractivity (Wildman–Crippen MR) is 84.2 cm³/mol. The van der Waals surface area contributed by atoms with Crippen molar-refractivity contribution < 1.29 is 18.3 Å². The van der Waals surface area contributed by atoms with Crippen molar-refractivity contribution in [2.45, 2.75) is 50.5 Å². The van der Waals surface area contributed by atoms with Gasteiger partial charge in [-0.05, 0) is 55.8 Å². The molecule has 1 aliphatic carbocycles. The molecule has 3 fully saturated rings. The standard InChI is InChI=1S/C18H22F2N2O2/c19-14-4-1-11(7-15(14)20)9-22-6-5-12-8-16(24-17(12)10-22)18(23)21-13-2-3-13/h1,4,7,12-13,16-17H,2-3,5-6,8-10H2,(H,21,23)/t12-,16-,17+/m0/s1. The number of likely N-dealkylation sites (tertiary alicyclic amines) is 1. The van der Waals surface area contributed by atoms with Crippen molar-refractivity contribution >= 4 is 5.91 Å². The summed E-state index contributed by atoms with van der Waals surface area (Å²) < 4.78 is 32.3. The number of carbonyl (C=O) groups is 1. The summed E-state index contributed by atoms with van der Waals surface area (Å²) in [4.78, 5) is 14.3. The van der Waals surface area contributed by atoms with Crippen molar-refractivity contribution in [1.82, 2.24) is 10.2 Å². The van der Waals surface area contributed by atoms with Gasteiger partial charge in [0.1, 0.15) is 6.10 Å². The first-order valence-electron chi connectivity index (χ1n) is 8.70. The van der Waals surface area contributed by atoms with Crippen LogP contribution in [0.1, 0.15) is 31.2 Å². The maximum atomic E-state index is 13.3. The molecule has 130 valence electrons. The maximum absolute atomic E-state index is 13.3. The van der Waals surface area contributed by atoms with E-state index >= 15 is 0 Å². The van der Waals surface area contributed by atoms with Crippen LogP contribution in [0.4, 0.5) is 8.78 Å². The van der Waals surface area contributed by atoms with E-state index in [1.54, 1.807) is 6.07 Å². The number of rotatable bonds is 4. The molecule has 1 amide bonds. The molecule has 1 N–H and O–H groups in total. The number of piperidine rings is 1. The lowest BCUT2D eigenvalue weighted by molar-refractivity contribution is -0.133. The lowest BCUT2D eigenvalue weighted by Gasteiger charge is -2.34. The van der Waals surface area contributed by atoms with E-state index in [0.717, 1.165) is 44.3 Å². The quantitative estimate of drug-likeness (QED) is 0.917. The molecule has 0 radical (unpaired) electrons. The third kappa shape index (κ3) is 3.44. The van der Waals surface area contributed by atoms with Crippen LogP contribution in [0.5, 0.6) is 0 Å². The van der Waals surface area contributed by atoms with E-state index in [1.165, 1.54) is 12.1 Å². The average Bonchev–Trinajstić information content (AvgIpc) is 3.26.